The normalized spacial score (nSPS) is 18.5. The van der Waals surface area contributed by atoms with Crippen molar-refractivity contribution in [2.24, 2.45) is 11.8 Å². The third-order valence-electron chi connectivity index (χ3n) is 5.31. The third-order valence-corrected chi connectivity index (χ3v) is 5.31. The number of likely N-dealkylation sites (tertiary alicyclic amines) is 1. The Morgan fingerprint density at radius 3 is 2.22 bits per heavy atom. The molecule has 12 heteroatoms. The van der Waals surface area contributed by atoms with Crippen molar-refractivity contribution in [3.05, 3.63) is 18.2 Å². The van der Waals surface area contributed by atoms with Gasteiger partial charge in [-0.15, -0.1) is 0 Å². The highest BCUT2D eigenvalue weighted by atomic mass is 19.4. The first-order valence-corrected chi connectivity index (χ1v) is 10.4. The number of hydrogen-bond donors (Lipinski definition) is 3. The van der Waals surface area contributed by atoms with E-state index in [-0.39, 0.29) is 24.6 Å². The number of H-pyrrole nitrogens is 1. The van der Waals surface area contributed by atoms with Crippen molar-refractivity contribution in [3.63, 3.8) is 0 Å². The minimum atomic E-state index is -5.09. The van der Waals surface area contributed by atoms with E-state index in [4.69, 9.17) is 0 Å². The Hall–Kier alpha value is -2.92. The molecule has 1 aromatic rings. The average Bonchev–Trinajstić information content (AvgIpc) is 3.39. The van der Waals surface area contributed by atoms with Crippen LogP contribution in [0.2, 0.25) is 0 Å². The molecule has 0 spiro atoms. The van der Waals surface area contributed by atoms with Crippen LogP contribution in [0.5, 0.6) is 0 Å². The number of aromatic nitrogens is 2. The second-order valence-corrected chi connectivity index (χ2v) is 8.43. The molecule has 3 atom stereocenters. The van der Waals surface area contributed by atoms with Crippen molar-refractivity contribution < 1.29 is 32.3 Å². The third kappa shape index (κ3) is 5.86. The summed E-state index contributed by atoms with van der Waals surface area (Å²) in [6.45, 7) is 6.43. The van der Waals surface area contributed by atoms with E-state index < -0.39 is 53.7 Å². The molecule has 0 bridgehead atoms. The highest BCUT2D eigenvalue weighted by molar-refractivity contribution is 5.98. The van der Waals surface area contributed by atoms with Crippen LogP contribution in [0.15, 0.2) is 12.5 Å². The fourth-order valence-electron chi connectivity index (χ4n) is 3.56. The molecule has 1 fully saturated rings. The maximum atomic E-state index is 13.2. The number of imidazole rings is 1. The summed E-state index contributed by atoms with van der Waals surface area (Å²) < 4.78 is 38.7. The molecule has 9 nitrogen and oxygen atoms in total. The molecule has 1 aliphatic rings. The van der Waals surface area contributed by atoms with Crippen molar-refractivity contribution in [2.75, 3.05) is 6.54 Å². The molecule has 3 N–H and O–H groups in total. The van der Waals surface area contributed by atoms with E-state index >= 15 is 0 Å². The Labute approximate surface area is 183 Å². The Kier molecular flexibility index (Phi) is 8.02. The molecule has 1 aromatic heterocycles. The van der Waals surface area contributed by atoms with Crippen molar-refractivity contribution in [3.8, 4) is 0 Å². The molecule has 3 amide bonds. The fourth-order valence-corrected chi connectivity index (χ4v) is 3.56. The number of carbonyl (C=O) groups is 4. The standard InChI is InChI=1S/C20H28F3N5O4/c1-10(2)14(16(29)20(21,22)23)26-18(31)13-6-5-7-28(13)19(32)15(11(3)4)27-17(30)12-8-24-9-25-12/h8-11,13-15H,5-7H2,1-4H3,(H,24,25)(H,26,31)(H,27,30)/t13-,14-,15-/m0/s1. The van der Waals surface area contributed by atoms with Gasteiger partial charge in [0, 0.05) is 12.7 Å². The highest BCUT2D eigenvalue weighted by Crippen LogP contribution is 2.24. The number of amides is 3. The highest BCUT2D eigenvalue weighted by Gasteiger charge is 2.46. The number of hydrogen-bond acceptors (Lipinski definition) is 5. The van der Waals surface area contributed by atoms with Crippen LogP contribution >= 0.6 is 0 Å². The predicted octanol–water partition coefficient (Wildman–Crippen LogP) is 1.43. The zero-order valence-electron chi connectivity index (χ0n) is 18.3. The Balaban J connectivity index is 2.16. The SMILES string of the molecule is CC(C)[C@H](NC(=O)c1c[nH]cn1)C(=O)N1CCC[C@H]1C(=O)N[C@H](C(=O)C(F)(F)F)C(C)C. The topological polar surface area (TPSA) is 124 Å². The maximum absolute atomic E-state index is 13.2. The summed E-state index contributed by atoms with van der Waals surface area (Å²) in [4.78, 5) is 57.8. The van der Waals surface area contributed by atoms with Gasteiger partial charge in [0.1, 0.15) is 17.8 Å². The number of carbonyl (C=O) groups excluding carboxylic acids is 4. The summed E-state index contributed by atoms with van der Waals surface area (Å²) in [5.41, 5.74) is 0.0876. The lowest BCUT2D eigenvalue weighted by molar-refractivity contribution is -0.175. The number of nitrogens with one attached hydrogen (secondary N) is 3. The number of rotatable bonds is 8. The van der Waals surface area contributed by atoms with E-state index in [0.29, 0.717) is 6.42 Å². The molecule has 2 rings (SSSR count). The van der Waals surface area contributed by atoms with Crippen LogP contribution < -0.4 is 10.6 Å². The van der Waals surface area contributed by atoms with E-state index in [0.717, 1.165) is 0 Å². The largest absolute Gasteiger partial charge is 0.452 e. The summed E-state index contributed by atoms with van der Waals surface area (Å²) in [6, 6.07) is -3.75. The first-order valence-electron chi connectivity index (χ1n) is 10.4. The van der Waals surface area contributed by atoms with E-state index in [1.165, 1.54) is 31.3 Å². The first-order chi connectivity index (χ1) is 14.8. The van der Waals surface area contributed by atoms with E-state index in [1.54, 1.807) is 13.8 Å². The number of Topliss-reactive ketones (excluding diaryl/α,β-unsaturated/α-hetero) is 1. The molecule has 32 heavy (non-hydrogen) atoms. The second-order valence-electron chi connectivity index (χ2n) is 8.43. The van der Waals surface area contributed by atoms with E-state index in [9.17, 15) is 32.3 Å². The van der Waals surface area contributed by atoms with E-state index in [2.05, 4.69) is 20.6 Å². The summed E-state index contributed by atoms with van der Waals surface area (Å²) in [5, 5.41) is 4.78. The number of halogens is 3. The lowest BCUT2D eigenvalue weighted by Gasteiger charge is -2.31. The number of nitrogens with zero attached hydrogens (tertiary/aromatic N) is 2. The zero-order chi connectivity index (χ0) is 24.2. The van der Waals surface area contributed by atoms with Crippen molar-refractivity contribution >= 4 is 23.5 Å². The lowest BCUT2D eigenvalue weighted by Crippen LogP contribution is -2.58. The van der Waals surface area contributed by atoms with Crippen molar-refractivity contribution in [1.82, 2.24) is 25.5 Å². The molecule has 1 aliphatic heterocycles. The lowest BCUT2D eigenvalue weighted by atomic mass is 9.98. The summed E-state index contributed by atoms with van der Waals surface area (Å²) >= 11 is 0. The van der Waals surface area contributed by atoms with Gasteiger partial charge in [-0.2, -0.15) is 13.2 Å². The molecule has 2 heterocycles. The van der Waals surface area contributed by atoms with Gasteiger partial charge in [-0.25, -0.2) is 4.98 Å². The summed E-state index contributed by atoms with van der Waals surface area (Å²) in [7, 11) is 0. The average molecular weight is 459 g/mol. The van der Waals surface area contributed by atoms with Gasteiger partial charge in [-0.3, -0.25) is 19.2 Å². The molecular weight excluding hydrogens is 431 g/mol. The molecule has 0 unspecified atom stereocenters. The van der Waals surface area contributed by atoms with Crippen LogP contribution in [0.25, 0.3) is 0 Å². The maximum Gasteiger partial charge on any atom is 0.452 e. The molecular formula is C20H28F3N5O4. The number of aromatic amines is 1. The predicted molar refractivity (Wildman–Crippen MR) is 107 cm³/mol. The van der Waals surface area contributed by atoms with Crippen molar-refractivity contribution in [2.45, 2.75) is 64.8 Å². The molecule has 0 aliphatic carbocycles. The summed E-state index contributed by atoms with van der Waals surface area (Å²) in [5.74, 6) is -5.09. The van der Waals surface area contributed by atoms with Gasteiger partial charge in [0.15, 0.2) is 0 Å². The summed E-state index contributed by atoms with van der Waals surface area (Å²) in [6.07, 6.45) is -1.71. The smallest absolute Gasteiger partial charge is 0.350 e. The first kappa shape index (κ1) is 25.3. The van der Waals surface area contributed by atoms with Crippen LogP contribution in [-0.4, -0.2) is 69.2 Å². The monoisotopic (exact) mass is 459 g/mol. The Morgan fingerprint density at radius 2 is 1.72 bits per heavy atom. The van der Waals surface area contributed by atoms with Gasteiger partial charge in [-0.1, -0.05) is 27.7 Å². The minimum absolute atomic E-state index is 0.0876. The second kappa shape index (κ2) is 10.1. The Morgan fingerprint density at radius 1 is 1.09 bits per heavy atom. The van der Waals surface area contributed by atoms with Crippen LogP contribution in [-0.2, 0) is 14.4 Å². The number of ketones is 1. The van der Waals surface area contributed by atoms with Crippen LogP contribution in [0.3, 0.4) is 0 Å². The van der Waals surface area contributed by atoms with Gasteiger partial charge < -0.3 is 20.5 Å². The molecule has 0 saturated carbocycles. The number of alkyl halides is 3. The van der Waals surface area contributed by atoms with Crippen LogP contribution in [0.4, 0.5) is 13.2 Å². The van der Waals surface area contributed by atoms with Crippen LogP contribution in [0, 0.1) is 11.8 Å². The molecule has 1 saturated heterocycles. The van der Waals surface area contributed by atoms with Gasteiger partial charge in [-0.05, 0) is 24.7 Å². The van der Waals surface area contributed by atoms with Gasteiger partial charge in [0.25, 0.3) is 11.7 Å². The molecule has 178 valence electrons. The van der Waals surface area contributed by atoms with Crippen LogP contribution in [0.1, 0.15) is 51.0 Å². The molecule has 0 aromatic carbocycles. The quantitative estimate of drug-likeness (QED) is 0.543. The molecule has 0 radical (unpaired) electrons. The van der Waals surface area contributed by atoms with Gasteiger partial charge in [0.2, 0.25) is 11.8 Å². The zero-order valence-corrected chi connectivity index (χ0v) is 18.3. The van der Waals surface area contributed by atoms with Gasteiger partial charge in [0.05, 0.1) is 12.4 Å². The Bertz CT molecular complexity index is 839. The van der Waals surface area contributed by atoms with E-state index in [1.807, 2.05) is 0 Å². The fraction of sp³-hybridized carbons (Fsp3) is 0.650. The van der Waals surface area contributed by atoms with Gasteiger partial charge >= 0.3 is 6.18 Å². The minimum Gasteiger partial charge on any atom is -0.350 e. The van der Waals surface area contributed by atoms with Crippen molar-refractivity contribution in [1.29, 1.82) is 0 Å².